The summed E-state index contributed by atoms with van der Waals surface area (Å²) in [4.78, 5) is 49.9. The molecule has 12 heteroatoms. The first-order valence-electron chi connectivity index (χ1n) is 12.1. The van der Waals surface area contributed by atoms with E-state index in [4.69, 9.17) is 14.2 Å². The Morgan fingerprint density at radius 1 is 0.974 bits per heavy atom. The molecule has 3 aromatic rings. The van der Waals surface area contributed by atoms with Crippen molar-refractivity contribution < 1.29 is 33.5 Å². The van der Waals surface area contributed by atoms with Crippen molar-refractivity contribution >= 4 is 40.5 Å². The molecule has 2 amide bonds. The molecule has 202 valence electrons. The maximum absolute atomic E-state index is 13.1. The van der Waals surface area contributed by atoms with Gasteiger partial charge in [-0.15, -0.1) is 0 Å². The maximum atomic E-state index is 13.1. The number of ether oxygens (including phenoxy) is 3. The van der Waals surface area contributed by atoms with E-state index < -0.39 is 16.8 Å². The van der Waals surface area contributed by atoms with E-state index >= 15 is 0 Å². The van der Waals surface area contributed by atoms with Gasteiger partial charge in [0.25, 0.3) is 11.6 Å². The van der Waals surface area contributed by atoms with Crippen LogP contribution in [0.25, 0.3) is 0 Å². The lowest BCUT2D eigenvalue weighted by Gasteiger charge is -2.29. The SMILES string of the molecule is CCOc1cc(NC(=O)c2ccccc2)c(OCC)cc1NC(=O)CN1CC(=O)Oc2cc([N+](=O)[O-])ccc21. The third-order valence-electron chi connectivity index (χ3n) is 5.61. The van der Waals surface area contributed by atoms with Gasteiger partial charge in [-0.25, -0.2) is 4.79 Å². The Kier molecular flexibility index (Phi) is 8.24. The molecule has 0 saturated carbocycles. The summed E-state index contributed by atoms with van der Waals surface area (Å²) in [6.45, 7) is 3.68. The van der Waals surface area contributed by atoms with Gasteiger partial charge in [0, 0.05) is 23.8 Å². The monoisotopic (exact) mass is 534 g/mol. The highest BCUT2D eigenvalue weighted by Gasteiger charge is 2.28. The normalized spacial score (nSPS) is 12.2. The fourth-order valence-corrected chi connectivity index (χ4v) is 3.95. The molecule has 0 atom stereocenters. The van der Waals surface area contributed by atoms with Crippen molar-refractivity contribution in [1.29, 1.82) is 0 Å². The van der Waals surface area contributed by atoms with Crippen molar-refractivity contribution in [2.45, 2.75) is 13.8 Å². The van der Waals surface area contributed by atoms with Crippen LogP contribution in [0.2, 0.25) is 0 Å². The minimum absolute atomic E-state index is 0.000368. The van der Waals surface area contributed by atoms with Gasteiger partial charge in [-0.1, -0.05) is 18.2 Å². The number of anilines is 3. The number of benzene rings is 3. The highest BCUT2D eigenvalue weighted by Crippen LogP contribution is 2.38. The second-order valence-electron chi connectivity index (χ2n) is 8.32. The topological polar surface area (TPSA) is 149 Å². The van der Waals surface area contributed by atoms with Crippen LogP contribution in [0.4, 0.5) is 22.7 Å². The van der Waals surface area contributed by atoms with Crippen LogP contribution < -0.4 is 29.7 Å². The predicted molar refractivity (Wildman–Crippen MR) is 143 cm³/mol. The van der Waals surface area contributed by atoms with Gasteiger partial charge in [0.15, 0.2) is 5.75 Å². The summed E-state index contributed by atoms with van der Waals surface area (Å²) in [5, 5.41) is 16.7. The summed E-state index contributed by atoms with van der Waals surface area (Å²) in [5.41, 5.74) is 1.25. The van der Waals surface area contributed by atoms with E-state index in [2.05, 4.69) is 10.6 Å². The first-order valence-corrected chi connectivity index (χ1v) is 12.1. The van der Waals surface area contributed by atoms with Crippen LogP contribution in [0.5, 0.6) is 17.2 Å². The Morgan fingerprint density at radius 2 is 1.62 bits per heavy atom. The molecule has 12 nitrogen and oxygen atoms in total. The van der Waals surface area contributed by atoms with E-state index in [0.29, 0.717) is 40.7 Å². The van der Waals surface area contributed by atoms with E-state index in [9.17, 15) is 24.5 Å². The summed E-state index contributed by atoms with van der Waals surface area (Å²) < 4.78 is 16.6. The molecule has 0 spiro atoms. The molecule has 1 heterocycles. The fraction of sp³-hybridized carbons (Fsp3) is 0.222. The Balaban J connectivity index is 1.57. The van der Waals surface area contributed by atoms with E-state index in [1.165, 1.54) is 17.0 Å². The number of hydrogen-bond donors (Lipinski definition) is 2. The molecule has 0 aromatic heterocycles. The number of rotatable bonds is 10. The van der Waals surface area contributed by atoms with Crippen LogP contribution in [0.1, 0.15) is 24.2 Å². The lowest BCUT2D eigenvalue weighted by molar-refractivity contribution is -0.384. The van der Waals surface area contributed by atoms with Gasteiger partial charge >= 0.3 is 5.97 Å². The fourth-order valence-electron chi connectivity index (χ4n) is 3.95. The molecule has 1 aliphatic rings. The number of hydrogen-bond acceptors (Lipinski definition) is 9. The summed E-state index contributed by atoms with van der Waals surface area (Å²) in [7, 11) is 0. The van der Waals surface area contributed by atoms with Crippen molar-refractivity contribution in [2.24, 2.45) is 0 Å². The number of esters is 1. The van der Waals surface area contributed by atoms with Gasteiger partial charge in [0.2, 0.25) is 5.91 Å². The molecule has 0 fully saturated rings. The Hall–Kier alpha value is -5.13. The molecule has 39 heavy (non-hydrogen) atoms. The standard InChI is InChI=1S/C27H26N4O8/c1-3-37-22-14-20(29-27(34)17-8-6-5-7-9-17)23(38-4-2)13-19(22)28-25(32)15-30-16-26(33)39-24-12-18(31(35)36)10-11-21(24)30/h5-14H,3-4,15-16H2,1-2H3,(H,28,32)(H,29,34). The minimum Gasteiger partial charge on any atom is -0.492 e. The van der Waals surface area contributed by atoms with Crippen molar-refractivity contribution in [2.75, 3.05) is 41.8 Å². The highest BCUT2D eigenvalue weighted by atomic mass is 16.6. The second-order valence-corrected chi connectivity index (χ2v) is 8.32. The zero-order chi connectivity index (χ0) is 27.9. The van der Waals surface area contributed by atoms with Crippen molar-refractivity contribution in [3.05, 3.63) is 76.3 Å². The number of carbonyl (C=O) groups is 3. The average Bonchev–Trinajstić information content (AvgIpc) is 2.91. The van der Waals surface area contributed by atoms with Gasteiger partial charge < -0.3 is 29.7 Å². The predicted octanol–water partition coefficient (Wildman–Crippen LogP) is 4.01. The summed E-state index contributed by atoms with van der Waals surface area (Å²) in [5.74, 6) is -0.861. The van der Waals surface area contributed by atoms with Gasteiger partial charge in [-0.05, 0) is 32.0 Å². The Bertz CT molecular complexity index is 1410. The van der Waals surface area contributed by atoms with Crippen LogP contribution in [-0.4, -0.2) is 49.0 Å². The van der Waals surface area contributed by atoms with Crippen LogP contribution in [0, 0.1) is 10.1 Å². The summed E-state index contributed by atoms with van der Waals surface area (Å²) in [6, 6.07) is 15.6. The molecular formula is C27H26N4O8. The molecule has 3 aromatic carbocycles. The third-order valence-corrected chi connectivity index (χ3v) is 5.61. The van der Waals surface area contributed by atoms with E-state index in [1.807, 2.05) is 6.07 Å². The van der Waals surface area contributed by atoms with E-state index in [1.54, 1.807) is 50.2 Å². The van der Waals surface area contributed by atoms with Crippen LogP contribution >= 0.6 is 0 Å². The van der Waals surface area contributed by atoms with Crippen molar-refractivity contribution in [3.63, 3.8) is 0 Å². The molecule has 0 bridgehead atoms. The quantitative estimate of drug-likeness (QED) is 0.170. The lowest BCUT2D eigenvalue weighted by atomic mass is 10.2. The third kappa shape index (κ3) is 6.42. The second kappa shape index (κ2) is 11.9. The molecule has 0 aliphatic carbocycles. The van der Waals surface area contributed by atoms with E-state index in [-0.39, 0.29) is 37.0 Å². The zero-order valence-electron chi connectivity index (χ0n) is 21.3. The number of nitrogens with one attached hydrogen (secondary N) is 2. The number of nitro benzene ring substituents is 1. The number of non-ortho nitro benzene ring substituents is 1. The van der Waals surface area contributed by atoms with Crippen LogP contribution in [0.3, 0.4) is 0 Å². The first kappa shape index (κ1) is 26.9. The Labute approximate surface area is 223 Å². The van der Waals surface area contributed by atoms with Gasteiger partial charge in [0.1, 0.15) is 18.0 Å². The van der Waals surface area contributed by atoms with Gasteiger partial charge in [-0.2, -0.15) is 0 Å². The molecule has 0 unspecified atom stereocenters. The van der Waals surface area contributed by atoms with Crippen LogP contribution in [0.15, 0.2) is 60.7 Å². The van der Waals surface area contributed by atoms with Gasteiger partial charge in [-0.3, -0.25) is 19.7 Å². The number of nitrogens with zero attached hydrogens (tertiary/aromatic N) is 2. The van der Waals surface area contributed by atoms with E-state index in [0.717, 1.165) is 6.07 Å². The first-order chi connectivity index (χ1) is 18.8. The minimum atomic E-state index is -0.650. The zero-order valence-corrected chi connectivity index (χ0v) is 21.3. The lowest BCUT2D eigenvalue weighted by Crippen LogP contribution is -2.41. The van der Waals surface area contributed by atoms with Gasteiger partial charge in [0.05, 0.1) is 47.8 Å². The van der Waals surface area contributed by atoms with Crippen molar-refractivity contribution in [1.82, 2.24) is 0 Å². The number of nitro groups is 1. The number of fused-ring (bicyclic) bond motifs is 1. The molecule has 2 N–H and O–H groups in total. The highest BCUT2D eigenvalue weighted by molar-refractivity contribution is 6.06. The number of carbonyl (C=O) groups excluding carboxylic acids is 3. The smallest absolute Gasteiger partial charge is 0.331 e. The number of amides is 2. The molecular weight excluding hydrogens is 508 g/mol. The average molecular weight is 535 g/mol. The molecule has 1 aliphatic heterocycles. The Morgan fingerprint density at radius 3 is 2.23 bits per heavy atom. The maximum Gasteiger partial charge on any atom is 0.331 e. The summed E-state index contributed by atoms with van der Waals surface area (Å²) in [6.07, 6.45) is 0. The largest absolute Gasteiger partial charge is 0.492 e. The molecule has 0 radical (unpaired) electrons. The molecule has 4 rings (SSSR count). The summed E-state index contributed by atoms with van der Waals surface area (Å²) >= 11 is 0. The molecule has 0 saturated heterocycles. The van der Waals surface area contributed by atoms with Crippen molar-refractivity contribution in [3.8, 4) is 17.2 Å². The van der Waals surface area contributed by atoms with Crippen LogP contribution in [-0.2, 0) is 9.59 Å².